The summed E-state index contributed by atoms with van der Waals surface area (Å²) < 4.78 is 0. The molecule has 0 saturated heterocycles. The smallest absolute Gasteiger partial charge is 0.0405 e. The summed E-state index contributed by atoms with van der Waals surface area (Å²) in [5, 5.41) is 0. The summed E-state index contributed by atoms with van der Waals surface area (Å²) in [5.74, 6) is 0. The van der Waals surface area contributed by atoms with E-state index in [1.165, 1.54) is 5.69 Å². The van der Waals surface area contributed by atoms with Crippen molar-refractivity contribution in [3.63, 3.8) is 0 Å². The van der Waals surface area contributed by atoms with Crippen LogP contribution in [0.5, 0.6) is 0 Å². The molecule has 0 aliphatic heterocycles. The summed E-state index contributed by atoms with van der Waals surface area (Å²) in [5.41, 5.74) is 1.26. The lowest BCUT2D eigenvalue weighted by molar-refractivity contribution is 1.01. The van der Waals surface area contributed by atoms with Crippen LogP contribution in [0.4, 0.5) is 5.69 Å². The van der Waals surface area contributed by atoms with Crippen LogP contribution in [0.15, 0.2) is 42.6 Å². The topological polar surface area (TPSA) is 3.24 Å². The van der Waals surface area contributed by atoms with Crippen molar-refractivity contribution in [2.24, 2.45) is 0 Å². The van der Waals surface area contributed by atoms with Crippen molar-refractivity contribution in [3.8, 4) is 0 Å². The normalized spacial score (nSPS) is 10.6. The summed E-state index contributed by atoms with van der Waals surface area (Å²) in [6.45, 7) is 5.32. The van der Waals surface area contributed by atoms with Crippen molar-refractivity contribution >= 4 is 5.69 Å². The van der Waals surface area contributed by atoms with E-state index in [-0.39, 0.29) is 0 Å². The number of rotatable bonds is 4. The van der Waals surface area contributed by atoms with Crippen LogP contribution in [0.25, 0.3) is 0 Å². The summed E-state index contributed by atoms with van der Waals surface area (Å²) in [7, 11) is 0. The van der Waals surface area contributed by atoms with E-state index in [9.17, 15) is 0 Å². The van der Waals surface area contributed by atoms with E-state index < -0.39 is 0 Å². The second-order valence-electron chi connectivity index (χ2n) is 2.91. The first-order chi connectivity index (χ1) is 6.38. The minimum atomic E-state index is 1.01. The number of hydrogen-bond acceptors (Lipinski definition) is 1. The van der Waals surface area contributed by atoms with Crippen molar-refractivity contribution in [1.82, 2.24) is 0 Å². The summed E-state index contributed by atoms with van der Waals surface area (Å²) in [6.07, 6.45) is 5.41. The minimum Gasteiger partial charge on any atom is -0.349 e. The van der Waals surface area contributed by atoms with Gasteiger partial charge in [0.1, 0.15) is 0 Å². The summed E-state index contributed by atoms with van der Waals surface area (Å²) in [6, 6.07) is 10.4. The van der Waals surface area contributed by atoms with E-state index in [1.54, 1.807) is 0 Å². The average molecular weight is 175 g/mol. The van der Waals surface area contributed by atoms with Gasteiger partial charge in [-0.2, -0.15) is 0 Å². The van der Waals surface area contributed by atoms with Gasteiger partial charge >= 0.3 is 0 Å². The van der Waals surface area contributed by atoms with Gasteiger partial charge < -0.3 is 4.90 Å². The maximum Gasteiger partial charge on any atom is 0.0405 e. The Labute approximate surface area is 80.7 Å². The van der Waals surface area contributed by atoms with E-state index in [2.05, 4.69) is 55.3 Å². The molecule has 1 aromatic carbocycles. The Morgan fingerprint density at radius 3 is 2.38 bits per heavy atom. The molecule has 13 heavy (non-hydrogen) atoms. The molecule has 0 bridgehead atoms. The van der Waals surface area contributed by atoms with Crippen LogP contribution in [-0.4, -0.2) is 6.54 Å². The minimum absolute atomic E-state index is 1.01. The number of allylic oxidation sites excluding steroid dienone is 1. The second kappa shape index (κ2) is 5.41. The van der Waals surface area contributed by atoms with Gasteiger partial charge in [0.05, 0.1) is 0 Å². The first-order valence-electron chi connectivity index (χ1n) is 4.86. The average Bonchev–Trinajstić information content (AvgIpc) is 2.21. The van der Waals surface area contributed by atoms with Crippen LogP contribution in [0.1, 0.15) is 20.3 Å². The van der Waals surface area contributed by atoms with Crippen molar-refractivity contribution in [2.45, 2.75) is 20.3 Å². The lowest BCUT2D eigenvalue weighted by Gasteiger charge is -2.17. The molecule has 1 nitrogen and oxygen atoms in total. The fraction of sp³-hybridized carbons (Fsp3) is 0.333. The molecular formula is C12H17N. The molecule has 0 unspecified atom stereocenters. The quantitative estimate of drug-likeness (QED) is 0.677. The molecule has 0 heterocycles. The number of nitrogens with zero attached hydrogens (tertiary/aromatic N) is 1. The molecule has 0 saturated carbocycles. The van der Waals surface area contributed by atoms with Gasteiger partial charge in [0, 0.05) is 12.2 Å². The van der Waals surface area contributed by atoms with Gasteiger partial charge in [-0.15, -0.1) is 0 Å². The molecular weight excluding hydrogens is 158 g/mol. The molecule has 1 heteroatoms. The monoisotopic (exact) mass is 175 g/mol. The number of para-hydroxylation sites is 1. The van der Waals surface area contributed by atoms with Crippen LogP contribution in [0.3, 0.4) is 0 Å². The molecule has 1 aromatic rings. The van der Waals surface area contributed by atoms with Crippen LogP contribution in [0, 0.1) is 0 Å². The zero-order chi connectivity index (χ0) is 9.52. The number of benzene rings is 1. The maximum absolute atomic E-state index is 2.24. The largest absolute Gasteiger partial charge is 0.349 e. The lowest BCUT2D eigenvalue weighted by atomic mass is 10.3. The van der Waals surface area contributed by atoms with Gasteiger partial charge in [0.2, 0.25) is 0 Å². The Hall–Kier alpha value is -1.24. The first-order valence-corrected chi connectivity index (χ1v) is 4.86. The van der Waals surface area contributed by atoms with Gasteiger partial charge in [0.25, 0.3) is 0 Å². The van der Waals surface area contributed by atoms with E-state index in [0.717, 1.165) is 13.0 Å². The Balaban J connectivity index is 2.73. The first kappa shape index (κ1) is 9.85. The van der Waals surface area contributed by atoms with Gasteiger partial charge in [-0.05, 0) is 31.7 Å². The van der Waals surface area contributed by atoms with Gasteiger partial charge in [0.15, 0.2) is 0 Å². The maximum atomic E-state index is 2.24. The second-order valence-corrected chi connectivity index (χ2v) is 2.91. The van der Waals surface area contributed by atoms with Crippen LogP contribution in [-0.2, 0) is 0 Å². The Morgan fingerprint density at radius 1 is 1.15 bits per heavy atom. The molecule has 0 aliphatic rings. The van der Waals surface area contributed by atoms with E-state index in [4.69, 9.17) is 0 Å². The van der Waals surface area contributed by atoms with Gasteiger partial charge in [-0.1, -0.05) is 31.2 Å². The molecule has 70 valence electrons. The molecule has 0 fully saturated rings. The third kappa shape index (κ3) is 2.94. The SMILES string of the molecule is CCC=CN(CC)c1ccccc1. The molecule has 0 aromatic heterocycles. The molecule has 0 spiro atoms. The fourth-order valence-electron chi connectivity index (χ4n) is 1.23. The Kier molecular flexibility index (Phi) is 4.10. The summed E-state index contributed by atoms with van der Waals surface area (Å²) >= 11 is 0. The van der Waals surface area contributed by atoms with Crippen LogP contribution in [0.2, 0.25) is 0 Å². The van der Waals surface area contributed by atoms with Gasteiger partial charge in [-0.3, -0.25) is 0 Å². The molecule has 0 amide bonds. The number of hydrogen-bond donors (Lipinski definition) is 0. The fourth-order valence-corrected chi connectivity index (χ4v) is 1.23. The molecule has 0 N–H and O–H groups in total. The van der Waals surface area contributed by atoms with Gasteiger partial charge in [-0.25, -0.2) is 0 Å². The van der Waals surface area contributed by atoms with Crippen molar-refractivity contribution in [3.05, 3.63) is 42.6 Å². The standard InChI is InChI=1S/C12H17N/c1-3-5-11-13(4-2)12-9-7-6-8-10-12/h5-11H,3-4H2,1-2H3. The Bertz CT molecular complexity index is 251. The zero-order valence-corrected chi connectivity index (χ0v) is 8.40. The van der Waals surface area contributed by atoms with Crippen molar-refractivity contribution in [1.29, 1.82) is 0 Å². The predicted octanol–water partition coefficient (Wildman–Crippen LogP) is 3.44. The molecule has 1 rings (SSSR count). The third-order valence-corrected chi connectivity index (χ3v) is 1.95. The van der Waals surface area contributed by atoms with E-state index >= 15 is 0 Å². The predicted molar refractivity (Wildman–Crippen MR) is 58.9 cm³/mol. The highest BCUT2D eigenvalue weighted by atomic mass is 15.1. The third-order valence-electron chi connectivity index (χ3n) is 1.95. The van der Waals surface area contributed by atoms with E-state index in [1.807, 2.05) is 6.07 Å². The van der Waals surface area contributed by atoms with Crippen LogP contribution >= 0.6 is 0 Å². The molecule has 0 aliphatic carbocycles. The summed E-state index contributed by atoms with van der Waals surface area (Å²) in [4.78, 5) is 2.24. The molecule has 0 radical (unpaired) electrons. The highest BCUT2D eigenvalue weighted by Gasteiger charge is 1.96. The Morgan fingerprint density at radius 2 is 1.85 bits per heavy atom. The van der Waals surface area contributed by atoms with E-state index in [0.29, 0.717) is 0 Å². The zero-order valence-electron chi connectivity index (χ0n) is 8.40. The molecule has 0 atom stereocenters. The van der Waals surface area contributed by atoms with Crippen molar-refractivity contribution in [2.75, 3.05) is 11.4 Å². The lowest BCUT2D eigenvalue weighted by Crippen LogP contribution is -2.14. The van der Waals surface area contributed by atoms with Crippen LogP contribution < -0.4 is 4.90 Å². The van der Waals surface area contributed by atoms with Crippen molar-refractivity contribution < 1.29 is 0 Å². The number of anilines is 1. The highest BCUT2D eigenvalue weighted by Crippen LogP contribution is 2.12. The highest BCUT2D eigenvalue weighted by molar-refractivity contribution is 5.48.